The van der Waals surface area contributed by atoms with Crippen LogP contribution >= 0.6 is 0 Å². The van der Waals surface area contributed by atoms with E-state index in [1.807, 2.05) is 30.3 Å². The third-order valence-corrected chi connectivity index (χ3v) is 4.21. The Bertz CT molecular complexity index is 790. The van der Waals surface area contributed by atoms with Gasteiger partial charge in [-0.05, 0) is 24.5 Å². The van der Waals surface area contributed by atoms with Crippen molar-refractivity contribution in [3.05, 3.63) is 64.2 Å². The van der Waals surface area contributed by atoms with Crippen LogP contribution in [0.25, 0.3) is 0 Å². The first-order valence-electron chi connectivity index (χ1n) is 8.37. The van der Waals surface area contributed by atoms with E-state index in [1.165, 1.54) is 25.3 Å². The minimum absolute atomic E-state index is 0.114. The number of nitro benzene ring substituents is 1. The van der Waals surface area contributed by atoms with Gasteiger partial charge in [-0.2, -0.15) is 0 Å². The van der Waals surface area contributed by atoms with Crippen LogP contribution in [0.3, 0.4) is 0 Å². The van der Waals surface area contributed by atoms with Gasteiger partial charge in [-0.3, -0.25) is 14.9 Å². The van der Waals surface area contributed by atoms with Gasteiger partial charge < -0.3 is 14.4 Å². The van der Waals surface area contributed by atoms with Crippen molar-refractivity contribution in [1.29, 1.82) is 0 Å². The molecule has 0 aliphatic heterocycles. The summed E-state index contributed by atoms with van der Waals surface area (Å²) in [4.78, 5) is 24.9. The second-order valence-electron chi connectivity index (χ2n) is 6.12. The molecule has 0 aromatic heterocycles. The lowest BCUT2D eigenvalue weighted by Gasteiger charge is -2.23. The van der Waals surface area contributed by atoms with E-state index in [1.54, 1.807) is 4.90 Å². The number of rotatable bonds is 8. The molecule has 0 radical (unpaired) electrons. The second kappa shape index (κ2) is 7.86. The average Bonchev–Trinajstić information content (AvgIpc) is 3.49. The lowest BCUT2D eigenvalue weighted by atomic mass is 10.2. The molecule has 0 bridgehead atoms. The highest BCUT2D eigenvalue weighted by atomic mass is 16.6. The first kappa shape index (κ1) is 17.7. The maximum absolute atomic E-state index is 12.6. The van der Waals surface area contributed by atoms with Crippen LogP contribution in [-0.4, -0.2) is 35.5 Å². The van der Waals surface area contributed by atoms with Crippen molar-refractivity contribution < 1.29 is 19.2 Å². The smallest absolute Gasteiger partial charge is 0.273 e. The highest BCUT2D eigenvalue weighted by Gasteiger charge is 2.32. The van der Waals surface area contributed by atoms with Gasteiger partial charge in [0.25, 0.3) is 11.6 Å². The van der Waals surface area contributed by atoms with Gasteiger partial charge in [0.2, 0.25) is 0 Å². The summed E-state index contributed by atoms with van der Waals surface area (Å²) in [5, 5.41) is 10.9. The number of carbonyl (C=O) groups excluding carboxylic acids is 1. The summed E-state index contributed by atoms with van der Waals surface area (Å²) in [5.74, 6) is 0.389. The summed E-state index contributed by atoms with van der Waals surface area (Å²) in [7, 11) is 1.45. The number of nitrogens with zero attached hydrogens (tertiary/aromatic N) is 2. The number of non-ortho nitro benzene ring substituents is 1. The van der Waals surface area contributed by atoms with Crippen LogP contribution in [0.1, 0.15) is 18.4 Å². The number of hydrogen-bond donors (Lipinski definition) is 0. The first-order chi connectivity index (χ1) is 12.6. The Kier molecular flexibility index (Phi) is 5.36. The predicted molar refractivity (Wildman–Crippen MR) is 95.2 cm³/mol. The van der Waals surface area contributed by atoms with Gasteiger partial charge in [-0.15, -0.1) is 0 Å². The lowest BCUT2D eigenvalue weighted by Crippen LogP contribution is -2.36. The molecule has 7 heteroatoms. The van der Waals surface area contributed by atoms with Crippen LogP contribution in [0.4, 0.5) is 5.69 Å². The molecule has 0 N–H and O–H groups in total. The third-order valence-electron chi connectivity index (χ3n) is 4.21. The Morgan fingerprint density at radius 1 is 1.19 bits per heavy atom. The van der Waals surface area contributed by atoms with E-state index in [0.29, 0.717) is 12.3 Å². The minimum Gasteiger partial charge on any atom is -0.493 e. The van der Waals surface area contributed by atoms with E-state index < -0.39 is 4.92 Å². The molecule has 0 saturated heterocycles. The fraction of sp³-hybridized carbons (Fsp3) is 0.316. The fourth-order valence-corrected chi connectivity index (χ4v) is 2.70. The molecule has 1 aliphatic carbocycles. The van der Waals surface area contributed by atoms with Crippen molar-refractivity contribution >= 4 is 11.6 Å². The Balaban J connectivity index is 1.68. The van der Waals surface area contributed by atoms with Gasteiger partial charge in [-0.25, -0.2) is 0 Å². The highest BCUT2D eigenvalue weighted by Crippen LogP contribution is 2.32. The van der Waals surface area contributed by atoms with Crippen molar-refractivity contribution in [2.24, 2.45) is 0 Å². The normalized spacial score (nSPS) is 13.1. The zero-order valence-electron chi connectivity index (χ0n) is 14.5. The lowest BCUT2D eigenvalue weighted by molar-refractivity contribution is -0.385. The summed E-state index contributed by atoms with van der Waals surface area (Å²) in [5.41, 5.74) is 0.942. The first-order valence-corrected chi connectivity index (χ1v) is 8.37. The molecule has 0 atom stereocenters. The quantitative estimate of drug-likeness (QED) is 0.536. The summed E-state index contributed by atoms with van der Waals surface area (Å²) < 4.78 is 10.7. The largest absolute Gasteiger partial charge is 0.493 e. The highest BCUT2D eigenvalue weighted by molar-refractivity contribution is 5.78. The average molecular weight is 356 g/mol. The molecule has 0 heterocycles. The van der Waals surface area contributed by atoms with Crippen molar-refractivity contribution in [3.8, 4) is 11.5 Å². The summed E-state index contributed by atoms with van der Waals surface area (Å²) in [6.45, 7) is 0.334. The van der Waals surface area contributed by atoms with Crippen LogP contribution in [-0.2, 0) is 11.3 Å². The maximum atomic E-state index is 12.6. The summed E-state index contributed by atoms with van der Waals surface area (Å²) in [6, 6.07) is 14.1. The summed E-state index contributed by atoms with van der Waals surface area (Å²) in [6.07, 6.45) is 1.97. The standard InChI is InChI=1S/C19H20N2O5/c1-25-17-10-9-16(21(23)24)11-18(17)26-13-19(22)20(15-7-8-15)12-14-5-3-2-4-6-14/h2-6,9-11,15H,7-8,12-13H2,1H3. The molecule has 0 unspecified atom stereocenters. The van der Waals surface area contributed by atoms with Gasteiger partial charge in [0.15, 0.2) is 18.1 Å². The predicted octanol–water partition coefficient (Wildman–Crippen LogP) is 3.17. The molecule has 2 aromatic carbocycles. The monoisotopic (exact) mass is 356 g/mol. The zero-order chi connectivity index (χ0) is 18.5. The molecule has 1 aliphatic rings. The van der Waals surface area contributed by atoms with E-state index in [4.69, 9.17) is 9.47 Å². The molecule has 0 spiro atoms. The van der Waals surface area contributed by atoms with Crippen LogP contribution in [0.15, 0.2) is 48.5 Å². The van der Waals surface area contributed by atoms with E-state index in [9.17, 15) is 14.9 Å². The van der Waals surface area contributed by atoms with Crippen LogP contribution in [0.5, 0.6) is 11.5 Å². The number of benzene rings is 2. The van der Waals surface area contributed by atoms with Gasteiger partial charge in [0.1, 0.15) is 0 Å². The van der Waals surface area contributed by atoms with Crippen molar-refractivity contribution in [2.45, 2.75) is 25.4 Å². The van der Waals surface area contributed by atoms with Crippen molar-refractivity contribution in [3.63, 3.8) is 0 Å². The van der Waals surface area contributed by atoms with Gasteiger partial charge in [0.05, 0.1) is 18.1 Å². The molecule has 1 fully saturated rings. The van der Waals surface area contributed by atoms with Crippen LogP contribution in [0, 0.1) is 10.1 Å². The Morgan fingerprint density at radius 3 is 2.54 bits per heavy atom. The number of methoxy groups -OCH3 is 1. The zero-order valence-corrected chi connectivity index (χ0v) is 14.5. The van der Waals surface area contributed by atoms with Gasteiger partial charge >= 0.3 is 0 Å². The second-order valence-corrected chi connectivity index (χ2v) is 6.12. The number of ether oxygens (including phenoxy) is 2. The Morgan fingerprint density at radius 2 is 1.92 bits per heavy atom. The minimum atomic E-state index is -0.514. The van der Waals surface area contributed by atoms with Gasteiger partial charge in [0, 0.05) is 18.7 Å². The molecule has 2 aromatic rings. The fourth-order valence-electron chi connectivity index (χ4n) is 2.70. The number of hydrogen-bond acceptors (Lipinski definition) is 5. The van der Waals surface area contributed by atoms with Crippen LogP contribution < -0.4 is 9.47 Å². The van der Waals surface area contributed by atoms with Crippen molar-refractivity contribution in [1.82, 2.24) is 4.90 Å². The van der Waals surface area contributed by atoms with Crippen molar-refractivity contribution in [2.75, 3.05) is 13.7 Å². The summed E-state index contributed by atoms with van der Waals surface area (Å²) >= 11 is 0. The third kappa shape index (κ3) is 4.30. The van der Waals surface area contributed by atoms with E-state index in [0.717, 1.165) is 18.4 Å². The molecule has 3 rings (SSSR count). The molecular weight excluding hydrogens is 336 g/mol. The number of carbonyl (C=O) groups is 1. The molecule has 26 heavy (non-hydrogen) atoms. The van der Waals surface area contributed by atoms with Gasteiger partial charge in [-0.1, -0.05) is 30.3 Å². The van der Waals surface area contributed by atoms with E-state index in [-0.39, 0.29) is 30.0 Å². The molecule has 1 saturated carbocycles. The molecule has 7 nitrogen and oxygen atoms in total. The Hall–Kier alpha value is -3.09. The van der Waals surface area contributed by atoms with E-state index in [2.05, 4.69) is 0 Å². The SMILES string of the molecule is COc1ccc([N+](=O)[O-])cc1OCC(=O)N(Cc1ccccc1)C1CC1. The number of amides is 1. The molecule has 1 amide bonds. The molecule has 136 valence electrons. The Labute approximate surface area is 151 Å². The number of nitro groups is 1. The van der Waals surface area contributed by atoms with E-state index >= 15 is 0 Å². The molecular formula is C19H20N2O5. The maximum Gasteiger partial charge on any atom is 0.273 e. The van der Waals surface area contributed by atoms with Crippen LogP contribution in [0.2, 0.25) is 0 Å². The topological polar surface area (TPSA) is 81.9 Å².